The van der Waals surface area contributed by atoms with Crippen LogP contribution in [0.4, 0.5) is 0 Å². The molecule has 1 spiro atoms. The van der Waals surface area contributed by atoms with Gasteiger partial charge in [0.1, 0.15) is 0 Å². The summed E-state index contributed by atoms with van der Waals surface area (Å²) in [5, 5.41) is 9.06. The van der Waals surface area contributed by atoms with Gasteiger partial charge in [0.15, 0.2) is 0 Å². The average molecular weight is 316 g/mol. The molecule has 4 nitrogen and oxygen atoms in total. The van der Waals surface area contributed by atoms with E-state index >= 15 is 0 Å². The topological polar surface area (TPSA) is 43.8 Å². The van der Waals surface area contributed by atoms with Crippen LogP contribution in [0.2, 0.25) is 0 Å². The Labute approximate surface area is 139 Å². The van der Waals surface area contributed by atoms with Crippen molar-refractivity contribution in [1.29, 1.82) is 0 Å². The lowest BCUT2D eigenvalue weighted by Crippen LogP contribution is -2.53. The molecule has 23 heavy (non-hydrogen) atoms. The Kier molecular flexibility index (Phi) is 5.34. The first kappa shape index (κ1) is 16.5. The molecular weight excluding hydrogens is 288 g/mol. The molecule has 0 unspecified atom stereocenters. The molecule has 2 heterocycles. The summed E-state index contributed by atoms with van der Waals surface area (Å²) in [6.07, 6.45) is 4.98. The third-order valence-corrected chi connectivity index (χ3v) is 5.34. The third-order valence-electron chi connectivity index (χ3n) is 5.34. The fraction of sp³-hybridized carbons (Fsp3) is 0.632. The van der Waals surface area contributed by atoms with Gasteiger partial charge in [0.25, 0.3) is 0 Å². The lowest BCUT2D eigenvalue weighted by atomic mass is 9.73. The SMILES string of the molecule is O=C1CC[C@]2(CCCN(CCCO)C2)CN1Cc1ccccc1. The van der Waals surface area contributed by atoms with Crippen molar-refractivity contribution >= 4 is 5.91 Å². The number of piperidine rings is 2. The molecule has 2 fully saturated rings. The molecule has 1 aromatic rings. The van der Waals surface area contributed by atoms with Crippen molar-refractivity contribution in [3.8, 4) is 0 Å². The highest BCUT2D eigenvalue weighted by atomic mass is 16.3. The standard InChI is InChI=1S/C19H28N2O2/c22-13-5-12-20-11-4-9-19(15-20)10-8-18(23)21(16-19)14-17-6-2-1-3-7-17/h1-3,6-7,22H,4-5,8-16H2/t19-/m0/s1. The van der Waals surface area contributed by atoms with E-state index in [4.69, 9.17) is 5.11 Å². The zero-order valence-corrected chi connectivity index (χ0v) is 13.9. The summed E-state index contributed by atoms with van der Waals surface area (Å²) in [7, 11) is 0. The predicted octanol–water partition coefficient (Wildman–Crippen LogP) is 2.27. The minimum absolute atomic E-state index is 0.260. The highest BCUT2D eigenvalue weighted by Crippen LogP contribution is 2.39. The number of aliphatic hydroxyl groups excluding tert-OH is 1. The van der Waals surface area contributed by atoms with E-state index in [2.05, 4.69) is 21.9 Å². The molecule has 4 heteroatoms. The Balaban J connectivity index is 1.65. The molecule has 1 N–H and O–H groups in total. The molecule has 1 aromatic carbocycles. The second-order valence-electron chi connectivity index (χ2n) is 7.19. The van der Waals surface area contributed by atoms with Crippen LogP contribution in [0.3, 0.4) is 0 Å². The minimum Gasteiger partial charge on any atom is -0.396 e. The largest absolute Gasteiger partial charge is 0.396 e. The van der Waals surface area contributed by atoms with Gasteiger partial charge in [-0.15, -0.1) is 0 Å². The quantitative estimate of drug-likeness (QED) is 0.906. The molecule has 2 aliphatic heterocycles. The molecule has 126 valence electrons. The second kappa shape index (κ2) is 7.45. The van der Waals surface area contributed by atoms with Gasteiger partial charge in [-0.3, -0.25) is 4.79 Å². The van der Waals surface area contributed by atoms with E-state index in [1.54, 1.807) is 0 Å². The molecule has 1 amide bonds. The number of nitrogens with zero attached hydrogens (tertiary/aromatic N) is 2. The van der Waals surface area contributed by atoms with Crippen LogP contribution < -0.4 is 0 Å². The molecule has 0 aromatic heterocycles. The highest BCUT2D eigenvalue weighted by Gasteiger charge is 2.41. The van der Waals surface area contributed by atoms with Crippen LogP contribution in [0, 0.1) is 5.41 Å². The molecule has 1 atom stereocenters. The van der Waals surface area contributed by atoms with Crippen LogP contribution in [0.1, 0.15) is 37.7 Å². The van der Waals surface area contributed by atoms with Gasteiger partial charge in [-0.2, -0.15) is 0 Å². The van der Waals surface area contributed by atoms with Crippen LogP contribution in [-0.4, -0.2) is 53.6 Å². The van der Waals surface area contributed by atoms with Gasteiger partial charge in [0.2, 0.25) is 5.91 Å². The zero-order valence-electron chi connectivity index (χ0n) is 13.9. The van der Waals surface area contributed by atoms with Crippen molar-refractivity contribution in [2.75, 3.05) is 32.8 Å². The number of carbonyl (C=O) groups is 1. The number of amides is 1. The lowest BCUT2D eigenvalue weighted by Gasteiger charge is -2.48. The van der Waals surface area contributed by atoms with Crippen molar-refractivity contribution in [1.82, 2.24) is 9.80 Å². The van der Waals surface area contributed by atoms with Crippen LogP contribution in [-0.2, 0) is 11.3 Å². The van der Waals surface area contributed by atoms with Gasteiger partial charge in [0, 0.05) is 44.6 Å². The smallest absolute Gasteiger partial charge is 0.222 e. The second-order valence-corrected chi connectivity index (χ2v) is 7.19. The van der Waals surface area contributed by atoms with Crippen molar-refractivity contribution in [2.24, 2.45) is 5.41 Å². The number of aliphatic hydroxyl groups is 1. The lowest BCUT2D eigenvalue weighted by molar-refractivity contribution is -0.140. The van der Waals surface area contributed by atoms with Crippen molar-refractivity contribution in [2.45, 2.75) is 38.6 Å². The Morgan fingerprint density at radius 2 is 1.96 bits per heavy atom. The maximum Gasteiger partial charge on any atom is 0.222 e. The molecule has 2 saturated heterocycles. The Hall–Kier alpha value is -1.39. The first-order valence-corrected chi connectivity index (χ1v) is 8.86. The van der Waals surface area contributed by atoms with Gasteiger partial charge in [0.05, 0.1) is 0 Å². The molecule has 0 aliphatic carbocycles. The number of rotatable bonds is 5. The molecule has 0 saturated carbocycles. The van der Waals surface area contributed by atoms with E-state index in [0.29, 0.717) is 12.3 Å². The summed E-state index contributed by atoms with van der Waals surface area (Å²) in [4.78, 5) is 16.9. The first-order chi connectivity index (χ1) is 11.2. The maximum atomic E-state index is 12.4. The third kappa shape index (κ3) is 4.12. The molecule has 3 rings (SSSR count). The normalized spacial score (nSPS) is 26.0. The summed E-state index contributed by atoms with van der Waals surface area (Å²) in [6, 6.07) is 10.3. The predicted molar refractivity (Wildman–Crippen MR) is 90.9 cm³/mol. The maximum absolute atomic E-state index is 12.4. The zero-order chi connectivity index (χ0) is 16.1. The number of carbonyl (C=O) groups excluding carboxylic acids is 1. The average Bonchev–Trinajstić information content (AvgIpc) is 2.58. The van der Waals surface area contributed by atoms with Gasteiger partial charge >= 0.3 is 0 Å². The fourth-order valence-corrected chi connectivity index (χ4v) is 4.18. The number of hydrogen-bond donors (Lipinski definition) is 1. The summed E-state index contributed by atoms with van der Waals surface area (Å²) in [6.45, 7) is 5.07. The first-order valence-electron chi connectivity index (χ1n) is 8.86. The van der Waals surface area contributed by atoms with Gasteiger partial charge in [-0.25, -0.2) is 0 Å². The van der Waals surface area contributed by atoms with Crippen molar-refractivity contribution in [3.05, 3.63) is 35.9 Å². The minimum atomic E-state index is 0.260. The summed E-state index contributed by atoms with van der Waals surface area (Å²) >= 11 is 0. The highest BCUT2D eigenvalue weighted by molar-refractivity contribution is 5.77. The van der Waals surface area contributed by atoms with Crippen molar-refractivity contribution in [3.63, 3.8) is 0 Å². The Morgan fingerprint density at radius 3 is 2.74 bits per heavy atom. The number of likely N-dealkylation sites (tertiary alicyclic amines) is 2. The Morgan fingerprint density at radius 1 is 1.13 bits per heavy atom. The van der Waals surface area contributed by atoms with Crippen LogP contribution in [0.5, 0.6) is 0 Å². The number of benzene rings is 1. The van der Waals surface area contributed by atoms with Crippen LogP contribution in [0.25, 0.3) is 0 Å². The summed E-state index contributed by atoms with van der Waals surface area (Å²) in [5.74, 6) is 0.298. The van der Waals surface area contributed by atoms with E-state index in [-0.39, 0.29) is 12.0 Å². The molecular formula is C19H28N2O2. The van der Waals surface area contributed by atoms with Crippen LogP contribution in [0.15, 0.2) is 30.3 Å². The van der Waals surface area contributed by atoms with Gasteiger partial charge < -0.3 is 14.9 Å². The van der Waals surface area contributed by atoms with E-state index in [1.165, 1.54) is 18.4 Å². The van der Waals surface area contributed by atoms with Gasteiger partial charge in [-0.1, -0.05) is 30.3 Å². The van der Waals surface area contributed by atoms with E-state index < -0.39 is 0 Å². The molecule has 0 radical (unpaired) electrons. The monoisotopic (exact) mass is 316 g/mol. The van der Waals surface area contributed by atoms with E-state index in [0.717, 1.165) is 45.6 Å². The van der Waals surface area contributed by atoms with Crippen molar-refractivity contribution < 1.29 is 9.90 Å². The molecule has 2 aliphatic rings. The van der Waals surface area contributed by atoms with E-state index in [1.807, 2.05) is 18.2 Å². The number of hydrogen-bond acceptors (Lipinski definition) is 3. The van der Waals surface area contributed by atoms with Crippen LogP contribution >= 0.6 is 0 Å². The van der Waals surface area contributed by atoms with Gasteiger partial charge in [-0.05, 0) is 37.8 Å². The Bertz CT molecular complexity index is 519. The summed E-state index contributed by atoms with van der Waals surface area (Å²) in [5.41, 5.74) is 1.47. The molecule has 0 bridgehead atoms. The fourth-order valence-electron chi connectivity index (χ4n) is 4.18. The van der Waals surface area contributed by atoms with E-state index in [9.17, 15) is 4.79 Å². The summed E-state index contributed by atoms with van der Waals surface area (Å²) < 4.78 is 0.